The summed E-state index contributed by atoms with van der Waals surface area (Å²) >= 11 is 0. The Morgan fingerprint density at radius 1 is 1.67 bits per heavy atom. The Labute approximate surface area is 104 Å². The maximum Gasteiger partial charge on any atom is 0.329 e. The van der Waals surface area contributed by atoms with Crippen LogP contribution in [0.1, 0.15) is 13.3 Å². The lowest BCUT2D eigenvalue weighted by atomic mass is 10.1. The Hall–Kier alpha value is -1.96. The highest BCUT2D eigenvalue weighted by atomic mass is 16.6. The SMILES string of the molecule is CC1OCCC1N(C)c1nc(N)ncc1[N+](=O)[O-]. The molecule has 1 aliphatic rings. The molecule has 2 atom stereocenters. The van der Waals surface area contributed by atoms with E-state index in [-0.39, 0.29) is 29.6 Å². The van der Waals surface area contributed by atoms with Gasteiger partial charge in [-0.3, -0.25) is 10.1 Å². The molecule has 0 amide bonds. The second-order valence-electron chi connectivity index (χ2n) is 4.24. The quantitative estimate of drug-likeness (QED) is 0.620. The van der Waals surface area contributed by atoms with Gasteiger partial charge >= 0.3 is 5.69 Å². The number of aromatic nitrogens is 2. The number of anilines is 2. The predicted molar refractivity (Wildman–Crippen MR) is 65.3 cm³/mol. The van der Waals surface area contributed by atoms with Crippen molar-refractivity contribution in [3.63, 3.8) is 0 Å². The van der Waals surface area contributed by atoms with Gasteiger partial charge in [-0.25, -0.2) is 4.98 Å². The van der Waals surface area contributed by atoms with E-state index < -0.39 is 4.92 Å². The molecule has 2 heterocycles. The van der Waals surface area contributed by atoms with Crippen molar-refractivity contribution >= 4 is 17.5 Å². The number of likely N-dealkylation sites (N-methyl/N-ethyl adjacent to an activating group) is 1. The van der Waals surface area contributed by atoms with Gasteiger partial charge < -0.3 is 15.4 Å². The largest absolute Gasteiger partial charge is 0.376 e. The summed E-state index contributed by atoms with van der Waals surface area (Å²) in [5.41, 5.74) is 5.35. The average molecular weight is 253 g/mol. The van der Waals surface area contributed by atoms with Crippen molar-refractivity contribution < 1.29 is 9.66 Å². The molecule has 2 N–H and O–H groups in total. The van der Waals surface area contributed by atoms with Crippen LogP contribution in [0, 0.1) is 10.1 Å². The summed E-state index contributed by atoms with van der Waals surface area (Å²) in [5, 5.41) is 11.0. The summed E-state index contributed by atoms with van der Waals surface area (Å²) in [5.74, 6) is 0.254. The van der Waals surface area contributed by atoms with Gasteiger partial charge in [0.25, 0.3) is 0 Å². The number of nitrogen functional groups attached to an aromatic ring is 1. The highest BCUT2D eigenvalue weighted by molar-refractivity contribution is 5.58. The molecule has 1 saturated heterocycles. The first-order chi connectivity index (χ1) is 8.50. The van der Waals surface area contributed by atoms with Crippen molar-refractivity contribution in [2.24, 2.45) is 0 Å². The lowest BCUT2D eigenvalue weighted by Crippen LogP contribution is -2.37. The molecular weight excluding hydrogens is 238 g/mol. The van der Waals surface area contributed by atoms with E-state index in [9.17, 15) is 10.1 Å². The highest BCUT2D eigenvalue weighted by Gasteiger charge is 2.32. The van der Waals surface area contributed by atoms with Crippen LogP contribution in [0.25, 0.3) is 0 Å². The third kappa shape index (κ3) is 2.19. The standard InChI is InChI=1S/C10H15N5O3/c1-6-7(3-4-18-6)14(2)9-8(15(16)17)5-12-10(11)13-9/h5-7H,3-4H2,1-2H3,(H2,11,12,13). The second-order valence-corrected chi connectivity index (χ2v) is 4.24. The van der Waals surface area contributed by atoms with Crippen molar-refractivity contribution in [2.75, 3.05) is 24.3 Å². The maximum absolute atomic E-state index is 11.0. The third-order valence-corrected chi connectivity index (χ3v) is 3.13. The van der Waals surface area contributed by atoms with E-state index in [1.54, 1.807) is 11.9 Å². The lowest BCUT2D eigenvalue weighted by molar-refractivity contribution is -0.384. The molecule has 0 spiro atoms. The summed E-state index contributed by atoms with van der Waals surface area (Å²) < 4.78 is 5.45. The van der Waals surface area contributed by atoms with Crippen molar-refractivity contribution in [3.8, 4) is 0 Å². The van der Waals surface area contributed by atoms with Crippen molar-refractivity contribution in [1.82, 2.24) is 9.97 Å². The Bertz CT molecular complexity index is 467. The van der Waals surface area contributed by atoms with Gasteiger partial charge in [-0.2, -0.15) is 4.98 Å². The normalized spacial score (nSPS) is 23.0. The van der Waals surface area contributed by atoms with Crippen LogP contribution in [0.5, 0.6) is 0 Å². The molecule has 8 nitrogen and oxygen atoms in total. The van der Waals surface area contributed by atoms with Gasteiger partial charge in [0.05, 0.1) is 17.1 Å². The Morgan fingerprint density at radius 3 is 2.94 bits per heavy atom. The van der Waals surface area contributed by atoms with Crippen LogP contribution in [-0.2, 0) is 4.74 Å². The first-order valence-electron chi connectivity index (χ1n) is 5.62. The molecule has 1 fully saturated rings. The molecule has 1 aliphatic heterocycles. The zero-order valence-corrected chi connectivity index (χ0v) is 10.2. The number of hydrogen-bond acceptors (Lipinski definition) is 7. The number of nitrogens with zero attached hydrogens (tertiary/aromatic N) is 4. The fourth-order valence-corrected chi connectivity index (χ4v) is 2.15. The van der Waals surface area contributed by atoms with E-state index in [1.807, 2.05) is 6.92 Å². The molecule has 2 rings (SSSR count). The van der Waals surface area contributed by atoms with E-state index >= 15 is 0 Å². The topological polar surface area (TPSA) is 107 Å². The van der Waals surface area contributed by atoms with E-state index in [2.05, 4.69) is 9.97 Å². The molecule has 98 valence electrons. The molecule has 8 heteroatoms. The van der Waals surface area contributed by atoms with E-state index in [0.717, 1.165) is 12.6 Å². The van der Waals surface area contributed by atoms with Crippen LogP contribution in [0.3, 0.4) is 0 Å². The van der Waals surface area contributed by atoms with E-state index in [4.69, 9.17) is 10.5 Å². The minimum Gasteiger partial charge on any atom is -0.376 e. The number of ether oxygens (including phenoxy) is 1. The first kappa shape index (κ1) is 12.5. The lowest BCUT2D eigenvalue weighted by Gasteiger charge is -2.27. The van der Waals surface area contributed by atoms with Crippen LogP contribution in [0.15, 0.2) is 6.20 Å². The van der Waals surface area contributed by atoms with Gasteiger partial charge in [-0.15, -0.1) is 0 Å². The van der Waals surface area contributed by atoms with Gasteiger partial charge in [0.15, 0.2) is 0 Å². The molecule has 0 aliphatic carbocycles. The summed E-state index contributed by atoms with van der Waals surface area (Å²) in [4.78, 5) is 19.8. The van der Waals surface area contributed by atoms with Crippen LogP contribution in [0.2, 0.25) is 0 Å². The number of nitrogens with two attached hydrogens (primary N) is 1. The zero-order chi connectivity index (χ0) is 13.3. The Kier molecular flexibility index (Phi) is 3.28. The van der Waals surface area contributed by atoms with Gasteiger partial charge in [-0.05, 0) is 13.3 Å². The molecule has 0 aromatic carbocycles. The molecule has 1 aromatic rings. The van der Waals surface area contributed by atoms with Gasteiger partial charge in [-0.1, -0.05) is 0 Å². The minimum absolute atomic E-state index is 0.00536. The Balaban J connectivity index is 2.36. The summed E-state index contributed by atoms with van der Waals surface area (Å²) in [6.07, 6.45) is 1.94. The van der Waals surface area contributed by atoms with Crippen molar-refractivity contribution in [2.45, 2.75) is 25.5 Å². The van der Waals surface area contributed by atoms with Crippen LogP contribution < -0.4 is 10.6 Å². The third-order valence-electron chi connectivity index (χ3n) is 3.13. The zero-order valence-electron chi connectivity index (χ0n) is 10.2. The number of hydrogen-bond donors (Lipinski definition) is 1. The van der Waals surface area contributed by atoms with Crippen LogP contribution in [0.4, 0.5) is 17.5 Å². The van der Waals surface area contributed by atoms with Gasteiger partial charge in [0.2, 0.25) is 11.8 Å². The molecule has 0 radical (unpaired) electrons. The molecule has 18 heavy (non-hydrogen) atoms. The molecule has 2 unspecified atom stereocenters. The molecular formula is C10H15N5O3. The monoisotopic (exact) mass is 253 g/mol. The van der Waals surface area contributed by atoms with Crippen LogP contribution >= 0.6 is 0 Å². The number of nitro groups is 1. The highest BCUT2D eigenvalue weighted by Crippen LogP contribution is 2.29. The smallest absolute Gasteiger partial charge is 0.329 e. The second kappa shape index (κ2) is 4.73. The molecule has 0 bridgehead atoms. The Morgan fingerprint density at radius 2 is 2.39 bits per heavy atom. The maximum atomic E-state index is 11.0. The average Bonchev–Trinajstić information content (AvgIpc) is 2.74. The van der Waals surface area contributed by atoms with E-state index in [1.165, 1.54) is 0 Å². The van der Waals surface area contributed by atoms with Gasteiger partial charge in [0, 0.05) is 13.7 Å². The summed E-state index contributed by atoms with van der Waals surface area (Å²) in [7, 11) is 1.75. The van der Waals surface area contributed by atoms with Crippen LogP contribution in [-0.4, -0.2) is 40.7 Å². The minimum atomic E-state index is -0.508. The first-order valence-corrected chi connectivity index (χ1v) is 5.62. The predicted octanol–water partition coefficient (Wildman–Crippen LogP) is 0.581. The van der Waals surface area contributed by atoms with Crippen molar-refractivity contribution in [1.29, 1.82) is 0 Å². The van der Waals surface area contributed by atoms with E-state index in [0.29, 0.717) is 6.61 Å². The van der Waals surface area contributed by atoms with Gasteiger partial charge in [0.1, 0.15) is 6.20 Å². The summed E-state index contributed by atoms with van der Waals surface area (Å²) in [6, 6.07) is 0.0537. The fourth-order valence-electron chi connectivity index (χ4n) is 2.15. The number of rotatable bonds is 3. The molecule has 1 aromatic heterocycles. The molecule has 0 saturated carbocycles. The fraction of sp³-hybridized carbons (Fsp3) is 0.600. The summed E-state index contributed by atoms with van der Waals surface area (Å²) in [6.45, 7) is 2.58. The van der Waals surface area contributed by atoms with Crippen molar-refractivity contribution in [3.05, 3.63) is 16.3 Å².